The maximum atomic E-state index is 12.4. The number of amides is 2. The molecule has 3 rings (SSSR count). The summed E-state index contributed by atoms with van der Waals surface area (Å²) in [6, 6.07) is 7.58. The SMILES string of the molecule is CC(c1ccc(CN)cc1)N1C(=O)C2C(C1=O)C2(C)C. The normalized spacial score (nSPS) is 28.5. The number of fused-ring (bicyclic) bond motifs is 1. The lowest BCUT2D eigenvalue weighted by Crippen LogP contribution is -2.38. The van der Waals surface area contributed by atoms with E-state index in [1.165, 1.54) is 4.90 Å². The number of imide groups is 1. The molecule has 4 nitrogen and oxygen atoms in total. The first-order chi connectivity index (χ1) is 9.39. The van der Waals surface area contributed by atoms with E-state index in [4.69, 9.17) is 5.73 Å². The van der Waals surface area contributed by atoms with E-state index in [1.54, 1.807) is 0 Å². The third kappa shape index (κ3) is 1.64. The molecule has 0 spiro atoms. The van der Waals surface area contributed by atoms with E-state index in [1.807, 2.05) is 45.0 Å². The molecule has 2 aliphatic rings. The van der Waals surface area contributed by atoms with Crippen LogP contribution in [0.3, 0.4) is 0 Å². The van der Waals surface area contributed by atoms with Crippen LogP contribution in [0.4, 0.5) is 0 Å². The van der Waals surface area contributed by atoms with Crippen LogP contribution in [0.2, 0.25) is 0 Å². The Morgan fingerprint density at radius 1 is 1.15 bits per heavy atom. The fraction of sp³-hybridized carbons (Fsp3) is 0.500. The van der Waals surface area contributed by atoms with Crippen molar-refractivity contribution in [3.8, 4) is 0 Å². The first-order valence-electron chi connectivity index (χ1n) is 7.05. The molecule has 1 aliphatic heterocycles. The summed E-state index contributed by atoms with van der Waals surface area (Å²) >= 11 is 0. The summed E-state index contributed by atoms with van der Waals surface area (Å²) < 4.78 is 0. The number of nitrogens with two attached hydrogens (primary N) is 1. The zero-order valence-electron chi connectivity index (χ0n) is 12.1. The van der Waals surface area contributed by atoms with Gasteiger partial charge in [0.2, 0.25) is 11.8 Å². The van der Waals surface area contributed by atoms with Gasteiger partial charge >= 0.3 is 0 Å². The largest absolute Gasteiger partial charge is 0.326 e. The van der Waals surface area contributed by atoms with Gasteiger partial charge in [0.25, 0.3) is 0 Å². The molecule has 1 saturated carbocycles. The van der Waals surface area contributed by atoms with Crippen LogP contribution >= 0.6 is 0 Å². The third-order valence-electron chi connectivity index (χ3n) is 4.92. The van der Waals surface area contributed by atoms with Crippen molar-refractivity contribution in [2.24, 2.45) is 23.0 Å². The molecule has 2 amide bonds. The van der Waals surface area contributed by atoms with Crippen molar-refractivity contribution in [3.63, 3.8) is 0 Å². The van der Waals surface area contributed by atoms with Gasteiger partial charge in [-0.3, -0.25) is 14.5 Å². The minimum Gasteiger partial charge on any atom is -0.326 e. The summed E-state index contributed by atoms with van der Waals surface area (Å²) in [5, 5.41) is 0. The van der Waals surface area contributed by atoms with E-state index in [-0.39, 0.29) is 35.1 Å². The molecular formula is C16H20N2O2. The first-order valence-corrected chi connectivity index (χ1v) is 7.05. The molecular weight excluding hydrogens is 252 g/mol. The fourth-order valence-corrected chi connectivity index (χ4v) is 3.43. The zero-order chi connectivity index (χ0) is 14.7. The van der Waals surface area contributed by atoms with Gasteiger partial charge in [-0.2, -0.15) is 0 Å². The molecule has 0 bridgehead atoms. The van der Waals surface area contributed by atoms with Gasteiger partial charge in [-0.05, 0) is 23.5 Å². The molecule has 1 aromatic carbocycles. The molecule has 2 N–H and O–H groups in total. The minimum absolute atomic E-state index is 0.0135. The Balaban J connectivity index is 1.83. The van der Waals surface area contributed by atoms with E-state index in [0.29, 0.717) is 6.54 Å². The van der Waals surface area contributed by atoms with Gasteiger partial charge in [-0.15, -0.1) is 0 Å². The Morgan fingerprint density at radius 3 is 2.10 bits per heavy atom. The van der Waals surface area contributed by atoms with Crippen molar-refractivity contribution in [1.82, 2.24) is 4.90 Å². The molecule has 20 heavy (non-hydrogen) atoms. The Hall–Kier alpha value is -1.68. The number of benzene rings is 1. The lowest BCUT2D eigenvalue weighted by atomic mass is 10.0. The maximum absolute atomic E-state index is 12.4. The van der Waals surface area contributed by atoms with E-state index >= 15 is 0 Å². The molecule has 0 radical (unpaired) electrons. The highest BCUT2D eigenvalue weighted by Gasteiger charge is 2.72. The van der Waals surface area contributed by atoms with Gasteiger partial charge in [0.15, 0.2) is 0 Å². The second-order valence-electron chi connectivity index (χ2n) is 6.44. The molecule has 1 heterocycles. The molecule has 3 atom stereocenters. The van der Waals surface area contributed by atoms with Gasteiger partial charge in [0.1, 0.15) is 0 Å². The third-order valence-corrected chi connectivity index (χ3v) is 4.92. The van der Waals surface area contributed by atoms with Crippen LogP contribution in [0.25, 0.3) is 0 Å². The van der Waals surface area contributed by atoms with Crippen molar-refractivity contribution in [3.05, 3.63) is 35.4 Å². The summed E-state index contributed by atoms with van der Waals surface area (Å²) in [6.07, 6.45) is 0. The Labute approximate surface area is 118 Å². The van der Waals surface area contributed by atoms with Gasteiger partial charge in [-0.25, -0.2) is 0 Å². The number of rotatable bonds is 3. The number of nitrogens with zero attached hydrogens (tertiary/aromatic N) is 1. The second-order valence-corrected chi connectivity index (χ2v) is 6.44. The van der Waals surface area contributed by atoms with Crippen molar-refractivity contribution < 1.29 is 9.59 Å². The lowest BCUT2D eigenvalue weighted by Gasteiger charge is -2.27. The number of piperidine rings is 1. The summed E-state index contributed by atoms with van der Waals surface area (Å²) in [5.41, 5.74) is 7.45. The average Bonchev–Trinajstić information content (AvgIpc) is 2.88. The molecule has 2 fully saturated rings. The summed E-state index contributed by atoms with van der Waals surface area (Å²) in [7, 11) is 0. The second kappa shape index (κ2) is 4.16. The predicted octanol–water partition coefficient (Wildman–Crippen LogP) is 1.85. The number of carbonyl (C=O) groups excluding carboxylic acids is 2. The van der Waals surface area contributed by atoms with E-state index in [0.717, 1.165) is 11.1 Å². The van der Waals surface area contributed by atoms with Gasteiger partial charge in [-0.1, -0.05) is 38.1 Å². The maximum Gasteiger partial charge on any atom is 0.234 e. The van der Waals surface area contributed by atoms with E-state index < -0.39 is 0 Å². The Bertz CT molecular complexity index is 553. The molecule has 4 heteroatoms. The number of likely N-dealkylation sites (tertiary alicyclic amines) is 1. The Morgan fingerprint density at radius 2 is 1.65 bits per heavy atom. The van der Waals surface area contributed by atoms with Crippen LogP contribution in [0.15, 0.2) is 24.3 Å². The van der Waals surface area contributed by atoms with Crippen LogP contribution in [-0.4, -0.2) is 16.7 Å². The standard InChI is InChI=1S/C16H20N2O2/c1-9(11-6-4-10(8-17)5-7-11)18-14(19)12-13(15(18)20)16(12,2)3/h4-7,9,12-13H,8,17H2,1-3H3. The topological polar surface area (TPSA) is 63.4 Å². The van der Waals surface area contributed by atoms with Gasteiger partial charge in [0.05, 0.1) is 17.9 Å². The van der Waals surface area contributed by atoms with Crippen molar-refractivity contribution in [2.75, 3.05) is 0 Å². The van der Waals surface area contributed by atoms with Crippen LogP contribution in [-0.2, 0) is 16.1 Å². The van der Waals surface area contributed by atoms with E-state index in [2.05, 4.69) is 0 Å². The average molecular weight is 272 g/mol. The number of hydrogen-bond acceptors (Lipinski definition) is 3. The van der Waals surface area contributed by atoms with Crippen molar-refractivity contribution in [2.45, 2.75) is 33.4 Å². The van der Waals surface area contributed by atoms with Crippen molar-refractivity contribution in [1.29, 1.82) is 0 Å². The predicted molar refractivity (Wildman–Crippen MR) is 75.4 cm³/mol. The van der Waals surface area contributed by atoms with E-state index in [9.17, 15) is 9.59 Å². The van der Waals surface area contributed by atoms with Crippen LogP contribution in [0.5, 0.6) is 0 Å². The van der Waals surface area contributed by atoms with Gasteiger partial charge in [0, 0.05) is 6.54 Å². The monoisotopic (exact) mass is 272 g/mol. The Kier molecular flexibility index (Phi) is 2.77. The summed E-state index contributed by atoms with van der Waals surface area (Å²) in [4.78, 5) is 26.2. The summed E-state index contributed by atoms with van der Waals surface area (Å²) in [6.45, 7) is 6.39. The molecule has 3 unspecified atom stereocenters. The highest BCUT2D eigenvalue weighted by atomic mass is 16.2. The van der Waals surface area contributed by atoms with Gasteiger partial charge < -0.3 is 5.73 Å². The molecule has 1 saturated heterocycles. The molecule has 1 aliphatic carbocycles. The molecule has 1 aromatic rings. The smallest absolute Gasteiger partial charge is 0.234 e. The zero-order valence-corrected chi connectivity index (χ0v) is 12.1. The summed E-state index contributed by atoms with van der Waals surface area (Å²) in [5.74, 6) is -0.248. The van der Waals surface area contributed by atoms with Crippen LogP contribution in [0, 0.1) is 17.3 Å². The molecule has 106 valence electrons. The van der Waals surface area contributed by atoms with Crippen molar-refractivity contribution >= 4 is 11.8 Å². The highest BCUT2D eigenvalue weighted by Crippen LogP contribution is 2.64. The highest BCUT2D eigenvalue weighted by molar-refractivity contribution is 6.10. The number of carbonyl (C=O) groups is 2. The fourth-order valence-electron chi connectivity index (χ4n) is 3.43. The van der Waals surface area contributed by atoms with Crippen LogP contribution < -0.4 is 5.73 Å². The number of hydrogen-bond donors (Lipinski definition) is 1. The minimum atomic E-state index is -0.203. The first kappa shape index (κ1) is 13.3. The quantitative estimate of drug-likeness (QED) is 0.854. The lowest BCUT2D eigenvalue weighted by molar-refractivity contribution is -0.145. The molecule has 0 aromatic heterocycles. The van der Waals surface area contributed by atoms with Crippen LogP contribution in [0.1, 0.15) is 37.9 Å².